The van der Waals surface area contributed by atoms with E-state index < -0.39 is 182 Å². The average Bonchev–Trinajstić information content (AvgIpc) is 0.996. The van der Waals surface area contributed by atoms with Gasteiger partial charge in [0, 0.05) is 94.7 Å². The summed E-state index contributed by atoms with van der Waals surface area (Å²) < 4.78 is 48.2. The number of ether oxygens (including phenoxy) is 9. The Morgan fingerprint density at radius 1 is 0.573 bits per heavy atom. The Morgan fingerprint density at radius 2 is 1.12 bits per heavy atom. The summed E-state index contributed by atoms with van der Waals surface area (Å²) in [6, 6.07) is 3.37. The molecule has 2 saturated heterocycles. The first-order valence-electron chi connectivity index (χ1n) is 36.4. The third-order valence-electron chi connectivity index (χ3n) is 15.8. The Bertz CT molecular complexity index is 3050. The molecule has 40 heteroatoms. The molecule has 2 aliphatic heterocycles. The van der Waals surface area contributed by atoms with Crippen molar-refractivity contribution in [1.82, 2.24) is 48.0 Å². The number of amides is 9. The van der Waals surface area contributed by atoms with E-state index in [9.17, 15) is 72.2 Å². The van der Waals surface area contributed by atoms with E-state index in [2.05, 4.69) is 47.5 Å². The number of nitrogens with two attached hydrogens (primary N) is 2. The molecule has 2 fully saturated rings. The highest BCUT2D eigenvalue weighted by Gasteiger charge is 2.36. The van der Waals surface area contributed by atoms with Gasteiger partial charge in [0.15, 0.2) is 35.7 Å². The zero-order chi connectivity index (χ0) is 80.7. The van der Waals surface area contributed by atoms with Gasteiger partial charge in [-0.1, -0.05) is 51.9 Å². The lowest BCUT2D eigenvalue weighted by Crippen LogP contribution is -2.53. The van der Waals surface area contributed by atoms with Gasteiger partial charge in [0.2, 0.25) is 47.3 Å². The van der Waals surface area contributed by atoms with Gasteiger partial charge in [-0.25, -0.2) is 4.79 Å². The van der Waals surface area contributed by atoms with E-state index >= 15 is 0 Å². The Morgan fingerprint density at radius 3 is 1.70 bits per heavy atom. The first-order valence-corrected chi connectivity index (χ1v) is 40.0. The Hall–Kier alpha value is -7.64. The summed E-state index contributed by atoms with van der Waals surface area (Å²) >= 11 is 0.973. The highest BCUT2D eigenvalue weighted by molar-refractivity contribution is 8.76. The lowest BCUT2D eigenvalue weighted by molar-refractivity contribution is -0.142. The summed E-state index contributed by atoms with van der Waals surface area (Å²) in [7, 11) is 3.51. The van der Waals surface area contributed by atoms with Gasteiger partial charge in [-0.3, -0.25) is 72.2 Å². The normalized spacial score (nSPS) is 19.7. The largest absolute Gasteiger partial charge is 0.481 e. The minimum Gasteiger partial charge on any atom is -0.481 e. The van der Waals surface area contributed by atoms with Crippen LogP contribution >= 0.6 is 33.3 Å². The molecular weight excluding hydrogens is 1510 g/mol. The summed E-state index contributed by atoms with van der Waals surface area (Å²) in [4.78, 5) is 198. The summed E-state index contributed by atoms with van der Waals surface area (Å²) in [5.74, 6) is -14.3. The molecule has 0 unspecified atom stereocenters. The molecule has 0 saturated carbocycles. The van der Waals surface area contributed by atoms with Crippen molar-refractivity contribution in [3.05, 3.63) is 35.9 Å². The Kier molecular flexibility index (Phi) is 51.2. The fourth-order valence-electron chi connectivity index (χ4n) is 10.3. The molecule has 2 heterocycles. The smallest absolute Gasteiger partial charge is 0.431 e. The maximum atomic E-state index is 14.8. The molecule has 14 N–H and O–H groups in total. The number of methoxy groups -OCH3 is 1. The summed E-state index contributed by atoms with van der Waals surface area (Å²) in [6.07, 6.45) is -2.53. The van der Waals surface area contributed by atoms with E-state index in [0.29, 0.717) is 51.8 Å². The number of carbonyl (C=O) groups is 14. The molecular formula is C70H112N12O25S3. The summed E-state index contributed by atoms with van der Waals surface area (Å²) in [5.41, 5.74) is 13.0. The van der Waals surface area contributed by atoms with Crippen molar-refractivity contribution in [2.45, 2.75) is 128 Å². The quantitative estimate of drug-likeness (QED) is 0.0120. The summed E-state index contributed by atoms with van der Waals surface area (Å²) in [6.45, 7) is 7.22. The molecule has 0 spiro atoms. The van der Waals surface area contributed by atoms with Crippen LogP contribution in [0.25, 0.3) is 0 Å². The zero-order valence-electron chi connectivity index (χ0n) is 63.2. The van der Waals surface area contributed by atoms with Crippen LogP contribution < -0.4 is 59.5 Å². The third kappa shape index (κ3) is 47.5. The van der Waals surface area contributed by atoms with Crippen LogP contribution in [0.2, 0.25) is 0 Å². The molecule has 620 valence electrons. The van der Waals surface area contributed by atoms with E-state index in [1.54, 1.807) is 51.1 Å². The number of aliphatic carboxylic acids is 1. The van der Waals surface area contributed by atoms with Crippen molar-refractivity contribution >= 4 is 122 Å². The van der Waals surface area contributed by atoms with E-state index in [0.717, 1.165) is 33.3 Å². The van der Waals surface area contributed by atoms with Crippen LogP contribution in [0.4, 0.5) is 4.79 Å². The average molecular weight is 1620 g/mol. The van der Waals surface area contributed by atoms with Crippen molar-refractivity contribution in [3.8, 4) is 0 Å². The Labute approximate surface area is 652 Å². The van der Waals surface area contributed by atoms with Crippen molar-refractivity contribution < 1.29 is 120 Å². The summed E-state index contributed by atoms with van der Waals surface area (Å²) in [5, 5.41) is 31.3. The number of carboxylic acids is 1. The number of hydrogen-bond donors (Lipinski definition) is 12. The highest BCUT2D eigenvalue weighted by Crippen LogP contribution is 2.27. The maximum absolute atomic E-state index is 14.8. The second-order valence-electron chi connectivity index (χ2n) is 26.2. The van der Waals surface area contributed by atoms with Gasteiger partial charge < -0.3 is 102 Å². The molecule has 2 bridgehead atoms. The molecule has 0 aliphatic carbocycles. The number of fused-ring (bicyclic) bond motifs is 5. The van der Waals surface area contributed by atoms with E-state index in [1.807, 2.05) is 5.48 Å². The van der Waals surface area contributed by atoms with Gasteiger partial charge in [0.25, 0.3) is 0 Å². The van der Waals surface area contributed by atoms with Crippen molar-refractivity contribution in [1.29, 1.82) is 0 Å². The molecule has 2 aliphatic rings. The predicted molar refractivity (Wildman–Crippen MR) is 405 cm³/mol. The van der Waals surface area contributed by atoms with Gasteiger partial charge >= 0.3 is 12.1 Å². The number of unbranched alkanes of at least 4 members (excludes halogenated alkanes) is 1. The van der Waals surface area contributed by atoms with E-state index in [-0.39, 0.29) is 146 Å². The van der Waals surface area contributed by atoms with Crippen LogP contribution in [0.5, 0.6) is 0 Å². The lowest BCUT2D eigenvalue weighted by atomic mass is 9.90. The van der Waals surface area contributed by atoms with Gasteiger partial charge in [-0.2, -0.15) is 5.48 Å². The number of nitrogens with one attached hydrogen (secondary N) is 9. The topological polar surface area (TPSA) is 524 Å². The first-order chi connectivity index (χ1) is 52.7. The van der Waals surface area contributed by atoms with Gasteiger partial charge in [-0.05, 0) is 71.3 Å². The Balaban J connectivity index is 1.63. The van der Waals surface area contributed by atoms with Crippen molar-refractivity contribution in [3.63, 3.8) is 0 Å². The van der Waals surface area contributed by atoms with Crippen LogP contribution in [-0.4, -0.2) is 292 Å². The molecule has 1 aromatic carbocycles. The van der Waals surface area contributed by atoms with Crippen LogP contribution in [-0.2, 0) is 116 Å². The first kappa shape index (κ1) is 96.6. The zero-order valence-corrected chi connectivity index (χ0v) is 65.6. The fourth-order valence-corrected chi connectivity index (χ4v) is 13.6. The third-order valence-corrected chi connectivity index (χ3v) is 19.2. The molecule has 0 radical (unpaired) electrons. The molecule has 37 nitrogen and oxygen atoms in total. The van der Waals surface area contributed by atoms with Crippen LogP contribution in [0.1, 0.15) is 97.0 Å². The minimum absolute atomic E-state index is 0.00929. The number of rotatable bonds is 46. The predicted octanol–water partition coefficient (Wildman–Crippen LogP) is -1.23. The van der Waals surface area contributed by atoms with Crippen LogP contribution in [0.15, 0.2) is 35.3 Å². The number of Topliss-reactive ketones (excluding diaryl/α,β-unsaturated/α-hetero) is 4. The number of aliphatic imine (C=N–C) groups is 1. The SMILES string of the molecule is COCCOCCCC(=O)[C@@H]1CSCC(=O)N[C@@H](CCCCNC(=O)COCC(=O)NCCOCCOCCOCCOCCOCCNC(=O)CONC(=O)OC(C)(C)C)C(=O)N[C@H]2CSSC[C@H](NC(=O)[C@H](CC(=O)O)CC(=O)CNC(=O)[C@H](CCCN=C(N)N)CC2=O)C(=O)C[C@@H](Cc2ccccc2)C(=O)N1. The van der Waals surface area contributed by atoms with Crippen LogP contribution in [0, 0.1) is 17.8 Å². The number of guanidine groups is 1. The molecule has 0 aromatic heterocycles. The molecule has 3 rings (SSSR count). The van der Waals surface area contributed by atoms with Crippen molar-refractivity contribution in [2.75, 3.05) is 169 Å². The number of ketones is 4. The van der Waals surface area contributed by atoms with Gasteiger partial charge in [0.05, 0.1) is 122 Å². The minimum atomic E-state index is -1.53. The molecule has 7 atom stereocenters. The second-order valence-corrected chi connectivity index (χ2v) is 29.8. The standard InChI is InChI=1S/C70H112N12O25S3/c1-70(2,3)107-69(97)82-106-42-61(89)75-20-23-101-27-29-103-31-33-104-32-30-102-28-26-100-22-19-74-60(88)41-105-40-59(87)73-17-9-8-15-52-67(96)81-55-45-110-109-44-54(80-66(95)50(38-63(91)92)35-51(83)39-77-64(93)48(36-57(55)85)14-10-18-76-68(71)72)58(86)37-49(34-47-12-6-5-7-13-47)65(94)79-53(43-108-46-62(90)78-52)56(84)16-11-21-99-25-24-98-4/h5-7,12-13,48-50,52-55H,8-11,14-46H2,1-4H3,(H,73,87)(H,74,88)(H,75,89)(H,77,93)(H,78,90)(H,79,94)(H,80,95)(H,81,96)(H,82,97)(H,91,92)(H4,71,72,76)/t48-,49-,50+,52+,53+,54+,55+/m1/s1. The van der Waals surface area contributed by atoms with Gasteiger partial charge in [-0.15, -0.1) is 11.8 Å². The fraction of sp³-hybridized carbons (Fsp3) is 0.700. The van der Waals surface area contributed by atoms with E-state index in [1.165, 1.54) is 7.11 Å². The highest BCUT2D eigenvalue weighted by atomic mass is 33.1. The van der Waals surface area contributed by atoms with Crippen molar-refractivity contribution in [2.24, 2.45) is 34.2 Å². The monoisotopic (exact) mass is 1620 g/mol. The number of hydrogen-bond acceptors (Lipinski definition) is 28. The lowest BCUT2D eigenvalue weighted by Gasteiger charge is -2.26. The molecule has 110 heavy (non-hydrogen) atoms. The second kappa shape index (κ2) is 58.3. The van der Waals surface area contributed by atoms with Gasteiger partial charge in [0.1, 0.15) is 24.9 Å². The molecule has 1 aromatic rings. The number of carbonyl (C=O) groups excluding carboxylic acids is 13. The number of hydroxylamine groups is 1. The van der Waals surface area contributed by atoms with Crippen LogP contribution in [0.3, 0.4) is 0 Å². The number of thioether (sulfide) groups is 1. The van der Waals surface area contributed by atoms with E-state index in [4.69, 9.17) is 58.9 Å². The number of benzene rings is 1. The maximum Gasteiger partial charge on any atom is 0.431 e. The number of carboxylic acid groups (broad SMARTS) is 1. The number of nitrogens with zero attached hydrogens (tertiary/aromatic N) is 1. The molecule has 9 amide bonds.